The average molecular weight is 655 g/mol. The van der Waals surface area contributed by atoms with Crippen LogP contribution in [0.4, 0.5) is 5.69 Å². The number of methoxy groups -OCH3 is 2. The van der Waals surface area contributed by atoms with Crippen LogP contribution < -0.4 is 25.8 Å². The summed E-state index contributed by atoms with van der Waals surface area (Å²) < 4.78 is 10.1. The Balaban J connectivity index is 1.61. The molecule has 3 aromatic rings. The molecular weight excluding hydrogens is 616 g/mol. The Kier molecular flexibility index (Phi) is 10.9. The Labute approximate surface area is 272 Å². The summed E-state index contributed by atoms with van der Waals surface area (Å²) in [7, 11) is 3.01. The Bertz CT molecular complexity index is 1570. The highest BCUT2D eigenvalue weighted by Gasteiger charge is 2.49. The van der Waals surface area contributed by atoms with Gasteiger partial charge in [-0.15, -0.1) is 11.8 Å². The number of aliphatic hydroxyl groups excluding tert-OH is 1. The molecule has 4 rings (SSSR count). The third-order valence-electron chi connectivity index (χ3n) is 7.92. The molecule has 1 aliphatic rings. The predicted molar refractivity (Wildman–Crippen MR) is 177 cm³/mol. The minimum atomic E-state index is -1.71. The van der Waals surface area contributed by atoms with Gasteiger partial charge in [0, 0.05) is 11.3 Å². The minimum absolute atomic E-state index is 0.0491. The summed E-state index contributed by atoms with van der Waals surface area (Å²) in [5.41, 5.74) is 8.89. The monoisotopic (exact) mass is 654 g/mol. The Morgan fingerprint density at radius 2 is 1.80 bits per heavy atom. The number of nitrogens with one attached hydrogen (secondary N) is 2. The van der Waals surface area contributed by atoms with Crippen LogP contribution in [-0.4, -0.2) is 70.8 Å². The molecule has 0 radical (unpaired) electrons. The second-order valence-electron chi connectivity index (χ2n) is 11.4. The van der Waals surface area contributed by atoms with Gasteiger partial charge in [0.25, 0.3) is 11.8 Å². The molecule has 0 saturated carbocycles. The van der Waals surface area contributed by atoms with Gasteiger partial charge in [0.05, 0.1) is 42.4 Å². The number of hydrogen-bond acceptors (Lipinski definition) is 8. The van der Waals surface area contributed by atoms with Crippen molar-refractivity contribution in [2.24, 2.45) is 0 Å². The van der Waals surface area contributed by atoms with Gasteiger partial charge in [-0.25, -0.2) is 0 Å². The Morgan fingerprint density at radius 3 is 2.49 bits per heavy atom. The van der Waals surface area contributed by atoms with Crippen molar-refractivity contribution in [3.63, 3.8) is 0 Å². The lowest BCUT2D eigenvalue weighted by molar-refractivity contribution is -0.147. The van der Waals surface area contributed by atoms with Gasteiger partial charge >= 0.3 is 0 Å². The predicted octanol–water partition coefficient (Wildman–Crippen LogP) is 3.95. The zero-order chi connectivity index (χ0) is 32.9. The molecule has 1 unspecified atom stereocenters. The maximum atomic E-state index is 14.0. The number of nitrogen functional groups attached to an aromatic ring is 1. The number of thioether (sulfide) groups is 1. The van der Waals surface area contributed by atoms with Crippen molar-refractivity contribution in [2.45, 2.75) is 56.7 Å². The lowest BCUT2D eigenvalue weighted by Crippen LogP contribution is -2.58. The largest absolute Gasteiger partial charge is 0.493 e. The van der Waals surface area contributed by atoms with E-state index in [0.717, 1.165) is 11.1 Å². The first kappa shape index (κ1) is 34.0. The van der Waals surface area contributed by atoms with Crippen LogP contribution in [0.2, 0.25) is 5.02 Å². The first-order chi connectivity index (χ1) is 21.4. The van der Waals surface area contributed by atoms with Crippen LogP contribution in [0.1, 0.15) is 40.9 Å². The van der Waals surface area contributed by atoms with E-state index in [-0.39, 0.29) is 34.5 Å². The van der Waals surface area contributed by atoms with Gasteiger partial charge in [0.15, 0.2) is 17.6 Å². The zero-order valence-electron chi connectivity index (χ0n) is 25.9. The number of halogens is 1. The van der Waals surface area contributed by atoms with Gasteiger partial charge in [-0.3, -0.25) is 14.4 Å². The molecule has 1 saturated heterocycles. The van der Waals surface area contributed by atoms with E-state index in [2.05, 4.69) is 10.6 Å². The number of benzene rings is 3. The number of carbonyl (C=O) groups excluding carboxylic acids is 3. The summed E-state index contributed by atoms with van der Waals surface area (Å²) in [6, 6.07) is 15.6. The van der Waals surface area contributed by atoms with Crippen molar-refractivity contribution in [1.82, 2.24) is 15.5 Å². The van der Waals surface area contributed by atoms with E-state index >= 15 is 0 Å². The molecule has 3 amide bonds. The van der Waals surface area contributed by atoms with Crippen molar-refractivity contribution in [3.8, 4) is 11.5 Å². The fourth-order valence-electron chi connectivity index (χ4n) is 5.32. The van der Waals surface area contributed by atoms with Crippen LogP contribution in [-0.2, 0) is 22.6 Å². The maximum Gasteiger partial charge on any atom is 0.254 e. The number of hydrogen-bond donors (Lipinski definition) is 4. The SMILES string of the molecule is COc1ccc(C[C@H](NC(=O)c2cccc(N)c2Cl)[C@H](O)C(=O)N2CSC(C)(C)C2C(=O)NCc2ccccc2C)cc1OC. The van der Waals surface area contributed by atoms with E-state index in [1.807, 2.05) is 45.0 Å². The summed E-state index contributed by atoms with van der Waals surface area (Å²) in [5.74, 6) is -0.505. The van der Waals surface area contributed by atoms with Crippen LogP contribution in [0.15, 0.2) is 60.7 Å². The lowest BCUT2D eigenvalue weighted by Gasteiger charge is -2.33. The van der Waals surface area contributed by atoms with Crippen molar-refractivity contribution < 1.29 is 29.0 Å². The number of nitrogens with zero attached hydrogens (tertiary/aromatic N) is 1. The maximum absolute atomic E-state index is 14.0. The van der Waals surface area contributed by atoms with Gasteiger partial charge in [-0.1, -0.05) is 48.0 Å². The van der Waals surface area contributed by atoms with Gasteiger partial charge in [0.1, 0.15) is 6.04 Å². The van der Waals surface area contributed by atoms with Crippen molar-refractivity contribution in [3.05, 3.63) is 87.9 Å². The van der Waals surface area contributed by atoms with E-state index in [1.54, 1.807) is 30.3 Å². The van der Waals surface area contributed by atoms with E-state index in [4.69, 9.17) is 26.8 Å². The molecule has 45 heavy (non-hydrogen) atoms. The van der Waals surface area contributed by atoms with Crippen LogP contribution >= 0.6 is 23.4 Å². The van der Waals surface area contributed by atoms with Crippen molar-refractivity contribution >= 4 is 46.8 Å². The quantitative estimate of drug-likeness (QED) is 0.228. The number of rotatable bonds is 11. The van der Waals surface area contributed by atoms with Gasteiger partial charge in [-0.05, 0) is 68.1 Å². The molecule has 12 heteroatoms. The fraction of sp³-hybridized carbons (Fsp3) is 0.364. The van der Waals surface area contributed by atoms with Gasteiger partial charge in [0.2, 0.25) is 5.91 Å². The minimum Gasteiger partial charge on any atom is -0.493 e. The molecule has 0 aromatic heterocycles. The molecule has 0 bridgehead atoms. The number of anilines is 1. The van der Waals surface area contributed by atoms with Crippen molar-refractivity contribution in [1.29, 1.82) is 0 Å². The molecule has 1 aliphatic heterocycles. The number of aryl methyl sites for hydroxylation is 1. The summed E-state index contributed by atoms with van der Waals surface area (Å²) in [5, 5.41) is 17.4. The van der Waals surface area contributed by atoms with Crippen LogP contribution in [0.5, 0.6) is 11.5 Å². The number of aliphatic hydroxyl groups is 1. The third kappa shape index (κ3) is 7.66. The molecule has 0 spiro atoms. The standard InChI is InChI=1S/C33H39ClN4O6S/c1-19-9-6-7-10-21(19)17-36-31(41)29-33(2,3)45-18-38(29)32(42)28(39)24(15-20-13-14-25(43-4)26(16-20)44-5)37-30(40)22-11-8-12-23(35)27(22)34/h6-14,16,24,28-29,39H,15,17-18,35H2,1-5H3,(H,36,41)(H,37,40)/t24-,28-,29?/m0/s1. The summed E-state index contributed by atoms with van der Waals surface area (Å²) >= 11 is 7.76. The fourth-order valence-corrected chi connectivity index (χ4v) is 6.67. The highest BCUT2D eigenvalue weighted by molar-refractivity contribution is 8.00. The molecule has 240 valence electrons. The molecule has 1 fully saturated rings. The summed E-state index contributed by atoms with van der Waals surface area (Å²) in [6.45, 7) is 6.04. The molecule has 1 heterocycles. The first-order valence-corrected chi connectivity index (χ1v) is 15.7. The average Bonchev–Trinajstić information content (AvgIpc) is 3.35. The Hall–Kier alpha value is -3.93. The molecular formula is C33H39ClN4O6S. The Morgan fingerprint density at radius 1 is 1.09 bits per heavy atom. The lowest BCUT2D eigenvalue weighted by atomic mass is 9.96. The highest BCUT2D eigenvalue weighted by Crippen LogP contribution is 2.40. The molecule has 0 aliphatic carbocycles. The molecule has 3 aromatic carbocycles. The normalized spacial score (nSPS) is 16.9. The number of ether oxygens (including phenoxy) is 2. The second-order valence-corrected chi connectivity index (χ2v) is 13.3. The van der Waals surface area contributed by atoms with Crippen LogP contribution in [0.3, 0.4) is 0 Å². The first-order valence-electron chi connectivity index (χ1n) is 14.4. The number of carbonyl (C=O) groups is 3. The number of nitrogens with two attached hydrogens (primary N) is 1. The summed E-state index contributed by atoms with van der Waals surface area (Å²) in [4.78, 5) is 42.4. The zero-order valence-corrected chi connectivity index (χ0v) is 27.5. The van der Waals surface area contributed by atoms with E-state index in [0.29, 0.717) is 23.6 Å². The van der Waals surface area contributed by atoms with Crippen LogP contribution in [0, 0.1) is 6.92 Å². The second kappa shape index (κ2) is 14.4. The highest BCUT2D eigenvalue weighted by atomic mass is 35.5. The topological polar surface area (TPSA) is 143 Å². The van der Waals surface area contributed by atoms with E-state index in [1.165, 1.54) is 36.9 Å². The third-order valence-corrected chi connectivity index (χ3v) is 9.72. The molecule has 10 nitrogen and oxygen atoms in total. The van der Waals surface area contributed by atoms with Crippen LogP contribution in [0.25, 0.3) is 0 Å². The molecule has 3 atom stereocenters. The van der Waals surface area contributed by atoms with Gasteiger partial charge < -0.3 is 35.8 Å². The summed E-state index contributed by atoms with van der Waals surface area (Å²) in [6.07, 6.45) is -1.66. The van der Waals surface area contributed by atoms with E-state index < -0.39 is 34.7 Å². The van der Waals surface area contributed by atoms with Crippen molar-refractivity contribution in [2.75, 3.05) is 25.8 Å². The molecule has 5 N–H and O–H groups in total. The smallest absolute Gasteiger partial charge is 0.254 e. The van der Waals surface area contributed by atoms with Gasteiger partial charge in [-0.2, -0.15) is 0 Å². The van der Waals surface area contributed by atoms with E-state index in [9.17, 15) is 19.5 Å². The number of amides is 3.